The number of hydrogen-bond donors (Lipinski definition) is 0. The van der Waals surface area contributed by atoms with Crippen molar-refractivity contribution in [1.29, 1.82) is 0 Å². The minimum absolute atomic E-state index is 0.764. The lowest BCUT2D eigenvalue weighted by molar-refractivity contribution is 1.77. The van der Waals surface area contributed by atoms with Crippen LogP contribution in [0, 0.1) is 0 Å². The molecular weight excluding hydrogens is 287 g/mol. The Hall–Kier alpha value is -1.76. The fourth-order valence-electron chi connectivity index (χ4n) is 2.75. The summed E-state index contributed by atoms with van der Waals surface area (Å²) in [6.07, 6.45) is 0. The molecule has 4 aromatic carbocycles. The van der Waals surface area contributed by atoms with Gasteiger partial charge in [0, 0.05) is 10.0 Å². The molecule has 0 saturated heterocycles. The highest BCUT2D eigenvalue weighted by molar-refractivity contribution is 6.32. The number of halogens is 2. The molecule has 0 saturated carbocycles. The molecule has 0 atom stereocenters. The Labute approximate surface area is 126 Å². The van der Waals surface area contributed by atoms with Crippen LogP contribution in [0.5, 0.6) is 0 Å². The Bertz CT molecular complexity index is 971. The van der Waals surface area contributed by atoms with Gasteiger partial charge in [-0.15, -0.1) is 0 Å². The average molecular weight is 297 g/mol. The summed E-state index contributed by atoms with van der Waals surface area (Å²) in [6, 6.07) is 20.7. The predicted octanol–water partition coefficient (Wildman–Crippen LogP) is 6.45. The summed E-state index contributed by atoms with van der Waals surface area (Å²) in [4.78, 5) is 0. The maximum Gasteiger partial charge on any atom is 0.0412 e. The topological polar surface area (TPSA) is 0 Å². The zero-order chi connectivity index (χ0) is 13.7. The third-order valence-corrected chi connectivity index (χ3v) is 4.19. The van der Waals surface area contributed by atoms with Crippen molar-refractivity contribution in [3.8, 4) is 0 Å². The predicted molar refractivity (Wildman–Crippen MR) is 89.0 cm³/mol. The molecule has 0 N–H and O–H groups in total. The van der Waals surface area contributed by atoms with Crippen LogP contribution in [-0.4, -0.2) is 0 Å². The zero-order valence-corrected chi connectivity index (χ0v) is 12.0. The van der Waals surface area contributed by atoms with E-state index >= 15 is 0 Å². The van der Waals surface area contributed by atoms with Gasteiger partial charge in [0.25, 0.3) is 0 Å². The molecule has 0 amide bonds. The van der Waals surface area contributed by atoms with Crippen molar-refractivity contribution in [2.45, 2.75) is 0 Å². The van der Waals surface area contributed by atoms with Crippen molar-refractivity contribution in [3.63, 3.8) is 0 Å². The zero-order valence-electron chi connectivity index (χ0n) is 10.5. The molecule has 0 aromatic heterocycles. The molecule has 0 spiro atoms. The summed E-state index contributed by atoms with van der Waals surface area (Å²) in [5, 5.41) is 8.73. The molecule has 20 heavy (non-hydrogen) atoms. The fourth-order valence-corrected chi connectivity index (χ4v) is 3.11. The van der Waals surface area contributed by atoms with E-state index in [1.807, 2.05) is 24.3 Å². The van der Waals surface area contributed by atoms with E-state index in [4.69, 9.17) is 23.2 Å². The first-order chi connectivity index (χ1) is 9.70. The molecule has 96 valence electrons. The van der Waals surface area contributed by atoms with Crippen LogP contribution in [0.3, 0.4) is 0 Å². The van der Waals surface area contributed by atoms with Crippen LogP contribution in [0.2, 0.25) is 10.0 Å². The molecule has 2 heteroatoms. The summed E-state index contributed by atoms with van der Waals surface area (Å²) in [5.74, 6) is 0. The van der Waals surface area contributed by atoms with Gasteiger partial charge in [-0.2, -0.15) is 0 Å². The molecule has 0 fully saturated rings. The van der Waals surface area contributed by atoms with Crippen LogP contribution in [-0.2, 0) is 0 Å². The Kier molecular flexibility index (Phi) is 2.63. The molecule has 0 nitrogen and oxygen atoms in total. The third-order valence-electron chi connectivity index (χ3n) is 3.72. The van der Waals surface area contributed by atoms with Gasteiger partial charge < -0.3 is 0 Å². The summed E-state index contributed by atoms with van der Waals surface area (Å²) >= 11 is 12.2. The first kappa shape index (κ1) is 12.0. The summed E-state index contributed by atoms with van der Waals surface area (Å²) in [6.45, 7) is 0. The summed E-state index contributed by atoms with van der Waals surface area (Å²) in [7, 11) is 0. The summed E-state index contributed by atoms with van der Waals surface area (Å²) in [5.41, 5.74) is 0. The highest BCUT2D eigenvalue weighted by Gasteiger charge is 2.04. The van der Waals surface area contributed by atoms with Crippen molar-refractivity contribution in [3.05, 3.63) is 70.7 Å². The normalized spacial score (nSPS) is 11.5. The molecule has 4 aromatic rings. The standard InChI is InChI=1S/C18H10Cl2/c19-15-4-3-11-7-12-1-2-13-8-16(20)5-6-17(13)18(12)10-14(11)9-15/h1-10H. The molecule has 0 heterocycles. The Morgan fingerprint density at radius 1 is 0.450 bits per heavy atom. The van der Waals surface area contributed by atoms with Gasteiger partial charge in [-0.25, -0.2) is 0 Å². The molecule has 0 aliphatic heterocycles. The second-order valence-corrected chi connectivity index (χ2v) is 5.87. The first-order valence-electron chi connectivity index (χ1n) is 6.42. The van der Waals surface area contributed by atoms with Gasteiger partial charge in [0.1, 0.15) is 0 Å². The van der Waals surface area contributed by atoms with Crippen LogP contribution in [0.4, 0.5) is 0 Å². The Balaban J connectivity index is 2.19. The quantitative estimate of drug-likeness (QED) is 0.258. The fraction of sp³-hybridized carbons (Fsp3) is 0. The van der Waals surface area contributed by atoms with Crippen molar-refractivity contribution in [1.82, 2.24) is 0 Å². The maximum atomic E-state index is 6.09. The van der Waals surface area contributed by atoms with E-state index in [0.717, 1.165) is 20.8 Å². The van der Waals surface area contributed by atoms with E-state index in [0.29, 0.717) is 0 Å². The second kappa shape index (κ2) is 4.37. The van der Waals surface area contributed by atoms with E-state index in [1.165, 1.54) is 21.5 Å². The van der Waals surface area contributed by atoms with Crippen molar-refractivity contribution in [2.24, 2.45) is 0 Å². The largest absolute Gasteiger partial charge is 0.0843 e. The molecule has 4 rings (SSSR count). The van der Waals surface area contributed by atoms with E-state index in [2.05, 4.69) is 36.4 Å². The molecule has 0 aliphatic rings. The van der Waals surface area contributed by atoms with E-state index in [-0.39, 0.29) is 0 Å². The van der Waals surface area contributed by atoms with Crippen LogP contribution in [0.15, 0.2) is 60.7 Å². The van der Waals surface area contributed by atoms with Crippen LogP contribution >= 0.6 is 23.2 Å². The van der Waals surface area contributed by atoms with Crippen molar-refractivity contribution < 1.29 is 0 Å². The lowest BCUT2D eigenvalue weighted by Crippen LogP contribution is -1.80. The van der Waals surface area contributed by atoms with Crippen molar-refractivity contribution in [2.75, 3.05) is 0 Å². The summed E-state index contributed by atoms with van der Waals surface area (Å²) < 4.78 is 0. The SMILES string of the molecule is Clc1ccc2cc3ccc4cc(Cl)ccc4c3cc2c1. The Morgan fingerprint density at radius 2 is 1.05 bits per heavy atom. The highest BCUT2D eigenvalue weighted by Crippen LogP contribution is 2.31. The number of benzene rings is 4. The molecule has 0 unspecified atom stereocenters. The third kappa shape index (κ3) is 1.84. The van der Waals surface area contributed by atoms with Gasteiger partial charge in [0.15, 0.2) is 0 Å². The number of rotatable bonds is 0. The van der Waals surface area contributed by atoms with Gasteiger partial charge in [-0.1, -0.05) is 47.5 Å². The smallest absolute Gasteiger partial charge is 0.0412 e. The number of fused-ring (bicyclic) bond motifs is 4. The van der Waals surface area contributed by atoms with Gasteiger partial charge in [0.05, 0.1) is 0 Å². The molecule has 0 bridgehead atoms. The second-order valence-electron chi connectivity index (χ2n) is 5.00. The highest BCUT2D eigenvalue weighted by atomic mass is 35.5. The minimum atomic E-state index is 0.764. The molecule has 0 radical (unpaired) electrons. The van der Waals surface area contributed by atoms with Gasteiger partial charge >= 0.3 is 0 Å². The Morgan fingerprint density at radius 3 is 1.85 bits per heavy atom. The lowest BCUT2D eigenvalue weighted by atomic mass is 9.98. The van der Waals surface area contributed by atoms with E-state index in [9.17, 15) is 0 Å². The van der Waals surface area contributed by atoms with Crippen LogP contribution in [0.25, 0.3) is 32.3 Å². The monoisotopic (exact) mass is 296 g/mol. The minimum Gasteiger partial charge on any atom is -0.0843 e. The van der Waals surface area contributed by atoms with Crippen molar-refractivity contribution >= 4 is 55.5 Å². The van der Waals surface area contributed by atoms with E-state index < -0.39 is 0 Å². The lowest BCUT2D eigenvalue weighted by Gasteiger charge is -2.07. The van der Waals surface area contributed by atoms with E-state index in [1.54, 1.807) is 0 Å². The van der Waals surface area contributed by atoms with Crippen LogP contribution in [0.1, 0.15) is 0 Å². The van der Waals surface area contributed by atoms with Gasteiger partial charge in [-0.05, 0) is 68.7 Å². The van der Waals surface area contributed by atoms with Gasteiger partial charge in [-0.3, -0.25) is 0 Å². The number of hydrogen-bond acceptors (Lipinski definition) is 0. The average Bonchev–Trinajstić information content (AvgIpc) is 2.44. The molecular formula is C18H10Cl2. The molecule has 0 aliphatic carbocycles. The first-order valence-corrected chi connectivity index (χ1v) is 7.18. The van der Waals surface area contributed by atoms with Gasteiger partial charge in [0.2, 0.25) is 0 Å². The van der Waals surface area contributed by atoms with Crippen LogP contribution < -0.4 is 0 Å². The maximum absolute atomic E-state index is 6.09.